The molecular weight excluding hydrogens is 134 g/mol. The summed E-state index contributed by atoms with van der Waals surface area (Å²) >= 11 is 0. The van der Waals surface area contributed by atoms with Crippen LogP contribution in [0.1, 0.15) is 6.42 Å². The Morgan fingerprint density at radius 3 is 2.90 bits per heavy atom. The Morgan fingerprint density at radius 1 is 1.80 bits per heavy atom. The predicted molar refractivity (Wildman–Crippen MR) is 33.1 cm³/mol. The van der Waals surface area contributed by atoms with Crippen LogP contribution in [-0.4, -0.2) is 25.5 Å². The van der Waals surface area contributed by atoms with Crippen molar-refractivity contribution in [2.24, 2.45) is 5.92 Å². The molecule has 1 aliphatic rings. The molecule has 1 rings (SSSR count). The zero-order chi connectivity index (χ0) is 7.56. The Kier molecular flexibility index (Phi) is 1.89. The quantitative estimate of drug-likeness (QED) is 0.493. The molecule has 0 aromatic carbocycles. The topological polar surface area (TPSA) is 55.4 Å². The molecule has 0 aromatic heterocycles. The van der Waals surface area contributed by atoms with Crippen molar-refractivity contribution in [2.75, 3.05) is 13.7 Å². The highest BCUT2D eigenvalue weighted by molar-refractivity contribution is 5.86. The second-order valence-corrected chi connectivity index (χ2v) is 2.23. The van der Waals surface area contributed by atoms with E-state index in [-0.39, 0.29) is 24.2 Å². The maximum absolute atomic E-state index is 10.7. The van der Waals surface area contributed by atoms with E-state index < -0.39 is 0 Å². The van der Waals surface area contributed by atoms with Crippen LogP contribution in [0, 0.1) is 5.92 Å². The van der Waals surface area contributed by atoms with Gasteiger partial charge in [0.2, 0.25) is 5.91 Å². The molecule has 1 saturated heterocycles. The predicted octanol–water partition coefficient (Wildman–Crippen LogP) is -0.705. The highest BCUT2D eigenvalue weighted by Gasteiger charge is 2.28. The summed E-state index contributed by atoms with van der Waals surface area (Å²) in [6.45, 7) is 0.422. The van der Waals surface area contributed by atoms with Crippen molar-refractivity contribution < 1.29 is 14.3 Å². The number of ether oxygens (including phenoxy) is 1. The first kappa shape index (κ1) is 7.05. The maximum atomic E-state index is 10.7. The molecule has 1 fully saturated rings. The zero-order valence-corrected chi connectivity index (χ0v) is 5.72. The minimum Gasteiger partial charge on any atom is -0.469 e. The van der Waals surface area contributed by atoms with Gasteiger partial charge in [0.15, 0.2) is 0 Å². The van der Waals surface area contributed by atoms with Crippen LogP contribution >= 0.6 is 0 Å². The molecule has 56 valence electrons. The van der Waals surface area contributed by atoms with Crippen molar-refractivity contribution in [3.63, 3.8) is 0 Å². The average Bonchev–Trinajstić information content (AvgIpc) is 2.34. The van der Waals surface area contributed by atoms with Crippen LogP contribution in [0.15, 0.2) is 0 Å². The van der Waals surface area contributed by atoms with Crippen molar-refractivity contribution >= 4 is 11.9 Å². The number of esters is 1. The Bertz CT molecular complexity index is 166. The van der Waals surface area contributed by atoms with Crippen molar-refractivity contribution in [3.05, 3.63) is 0 Å². The summed E-state index contributed by atoms with van der Waals surface area (Å²) in [4.78, 5) is 21.3. The normalized spacial score (nSPS) is 24.1. The molecule has 10 heavy (non-hydrogen) atoms. The van der Waals surface area contributed by atoms with Crippen LogP contribution < -0.4 is 5.32 Å². The largest absolute Gasteiger partial charge is 0.469 e. The first-order chi connectivity index (χ1) is 4.74. The minimum absolute atomic E-state index is 0.0737. The third-order valence-electron chi connectivity index (χ3n) is 1.51. The fraction of sp³-hybridized carbons (Fsp3) is 0.667. The summed E-state index contributed by atoms with van der Waals surface area (Å²) in [5.74, 6) is -0.647. The minimum atomic E-state index is -0.307. The van der Waals surface area contributed by atoms with E-state index in [1.54, 1.807) is 0 Å². The number of methoxy groups -OCH3 is 1. The first-order valence-corrected chi connectivity index (χ1v) is 3.08. The summed E-state index contributed by atoms with van der Waals surface area (Å²) < 4.78 is 4.45. The number of carbonyl (C=O) groups is 2. The van der Waals surface area contributed by atoms with E-state index in [2.05, 4.69) is 10.1 Å². The van der Waals surface area contributed by atoms with Crippen molar-refractivity contribution in [3.8, 4) is 0 Å². The molecule has 1 aliphatic heterocycles. The molecule has 0 saturated carbocycles. The standard InChI is InChI=1S/C6H9NO3/c1-10-6(9)4-2-5(8)7-3-4/h4H,2-3H2,1H3,(H,7,8)/t4-/m1/s1. The van der Waals surface area contributed by atoms with Crippen LogP contribution in [0.2, 0.25) is 0 Å². The summed E-state index contributed by atoms with van der Waals surface area (Å²) in [5, 5.41) is 2.55. The fourth-order valence-electron chi connectivity index (χ4n) is 0.938. The third-order valence-corrected chi connectivity index (χ3v) is 1.51. The Balaban J connectivity index is 2.44. The van der Waals surface area contributed by atoms with E-state index in [9.17, 15) is 9.59 Å². The molecule has 1 atom stereocenters. The highest BCUT2D eigenvalue weighted by atomic mass is 16.5. The second-order valence-electron chi connectivity index (χ2n) is 2.23. The molecule has 4 heteroatoms. The third kappa shape index (κ3) is 1.26. The van der Waals surface area contributed by atoms with E-state index in [1.807, 2.05) is 0 Å². The molecule has 0 unspecified atom stereocenters. The number of rotatable bonds is 1. The van der Waals surface area contributed by atoms with E-state index in [0.29, 0.717) is 6.54 Å². The van der Waals surface area contributed by atoms with Crippen molar-refractivity contribution in [1.29, 1.82) is 0 Å². The van der Waals surface area contributed by atoms with Crippen molar-refractivity contribution in [1.82, 2.24) is 5.32 Å². The summed E-state index contributed by atoms with van der Waals surface area (Å²) in [6.07, 6.45) is 0.271. The Morgan fingerprint density at radius 2 is 2.50 bits per heavy atom. The fourth-order valence-corrected chi connectivity index (χ4v) is 0.938. The van der Waals surface area contributed by atoms with Gasteiger partial charge in [-0.25, -0.2) is 0 Å². The van der Waals surface area contributed by atoms with E-state index >= 15 is 0 Å². The van der Waals surface area contributed by atoms with Crippen LogP contribution in [0.25, 0.3) is 0 Å². The van der Waals surface area contributed by atoms with E-state index in [1.165, 1.54) is 7.11 Å². The molecule has 0 bridgehead atoms. The van der Waals surface area contributed by atoms with Gasteiger partial charge in [0.25, 0.3) is 0 Å². The van der Waals surface area contributed by atoms with E-state index in [4.69, 9.17) is 0 Å². The van der Waals surface area contributed by atoms with Gasteiger partial charge in [0.05, 0.1) is 13.0 Å². The van der Waals surface area contributed by atoms with Gasteiger partial charge in [-0.05, 0) is 0 Å². The van der Waals surface area contributed by atoms with Gasteiger partial charge in [-0.15, -0.1) is 0 Å². The SMILES string of the molecule is COC(=O)[C@H]1CNC(=O)C1. The maximum Gasteiger partial charge on any atom is 0.310 e. The van der Waals surface area contributed by atoms with Gasteiger partial charge >= 0.3 is 5.97 Å². The lowest BCUT2D eigenvalue weighted by molar-refractivity contribution is -0.145. The van der Waals surface area contributed by atoms with Crippen molar-refractivity contribution in [2.45, 2.75) is 6.42 Å². The van der Waals surface area contributed by atoms with E-state index in [0.717, 1.165) is 0 Å². The number of hydrogen-bond donors (Lipinski definition) is 1. The van der Waals surface area contributed by atoms with Gasteiger partial charge < -0.3 is 10.1 Å². The molecule has 0 radical (unpaired) electrons. The van der Waals surface area contributed by atoms with Crippen LogP contribution in [-0.2, 0) is 14.3 Å². The molecule has 1 amide bonds. The Labute approximate surface area is 58.5 Å². The zero-order valence-electron chi connectivity index (χ0n) is 5.72. The van der Waals surface area contributed by atoms with Crippen LogP contribution in [0.3, 0.4) is 0 Å². The molecule has 1 N–H and O–H groups in total. The number of hydrogen-bond acceptors (Lipinski definition) is 3. The molecule has 4 nitrogen and oxygen atoms in total. The second kappa shape index (κ2) is 2.68. The molecule has 0 spiro atoms. The molecule has 0 aliphatic carbocycles. The van der Waals surface area contributed by atoms with Crippen LogP contribution in [0.4, 0.5) is 0 Å². The number of nitrogens with one attached hydrogen (secondary N) is 1. The van der Waals surface area contributed by atoms with Crippen LogP contribution in [0.5, 0.6) is 0 Å². The highest BCUT2D eigenvalue weighted by Crippen LogP contribution is 2.09. The van der Waals surface area contributed by atoms with Gasteiger partial charge in [-0.1, -0.05) is 0 Å². The lowest BCUT2D eigenvalue weighted by Gasteiger charge is -2.01. The van der Waals surface area contributed by atoms with Gasteiger partial charge in [0.1, 0.15) is 0 Å². The van der Waals surface area contributed by atoms with Gasteiger partial charge in [-0.2, -0.15) is 0 Å². The Hall–Kier alpha value is -1.06. The summed E-state index contributed by atoms with van der Waals surface area (Å²) in [5.41, 5.74) is 0. The number of amides is 1. The molecular formula is C6H9NO3. The monoisotopic (exact) mass is 143 g/mol. The van der Waals surface area contributed by atoms with Gasteiger partial charge in [0, 0.05) is 13.0 Å². The lowest BCUT2D eigenvalue weighted by atomic mass is 10.1. The smallest absolute Gasteiger partial charge is 0.310 e. The summed E-state index contributed by atoms with van der Waals surface area (Å²) in [6, 6.07) is 0. The number of carbonyl (C=O) groups excluding carboxylic acids is 2. The lowest BCUT2D eigenvalue weighted by Crippen LogP contribution is -2.19. The molecule has 1 heterocycles. The molecule has 0 aromatic rings. The average molecular weight is 143 g/mol. The summed E-state index contributed by atoms with van der Waals surface area (Å²) in [7, 11) is 1.32. The van der Waals surface area contributed by atoms with Gasteiger partial charge in [-0.3, -0.25) is 9.59 Å². The first-order valence-electron chi connectivity index (χ1n) is 3.08.